The van der Waals surface area contributed by atoms with Crippen LogP contribution in [0.5, 0.6) is 0 Å². The van der Waals surface area contributed by atoms with E-state index in [1.165, 1.54) is 12.3 Å². The Morgan fingerprint density at radius 2 is 2.27 bits per heavy atom. The highest BCUT2D eigenvalue weighted by atomic mass is 19.1. The molecule has 0 amide bonds. The van der Waals surface area contributed by atoms with Crippen molar-refractivity contribution < 1.29 is 4.39 Å². The van der Waals surface area contributed by atoms with Crippen molar-refractivity contribution in [1.82, 2.24) is 4.98 Å². The molecule has 0 saturated carbocycles. The van der Waals surface area contributed by atoms with Crippen LogP contribution in [0.2, 0.25) is 0 Å². The Morgan fingerprint density at radius 3 is 2.82 bits per heavy atom. The minimum absolute atomic E-state index is 0.0667. The fourth-order valence-corrected chi connectivity index (χ4v) is 0.626. The Bertz CT molecular complexity index is 284. The summed E-state index contributed by atoms with van der Waals surface area (Å²) in [5, 5.41) is 3.19. The summed E-state index contributed by atoms with van der Waals surface area (Å²) in [6, 6.07) is 1.21. The highest BCUT2D eigenvalue weighted by molar-refractivity contribution is 5.96. The van der Waals surface area contributed by atoms with Crippen LogP contribution in [0.3, 0.4) is 0 Å². The van der Waals surface area contributed by atoms with Gasteiger partial charge in [-0.15, -0.1) is 0 Å². The molecule has 4 N–H and O–H groups in total. The number of hydrogen-bond acceptors (Lipinski definition) is 3. The van der Waals surface area contributed by atoms with Gasteiger partial charge in [0.15, 0.2) is 5.84 Å². The van der Waals surface area contributed by atoms with E-state index in [0.29, 0.717) is 5.56 Å². The summed E-state index contributed by atoms with van der Waals surface area (Å²) in [6.07, 6.45) is 2.46. The van der Waals surface area contributed by atoms with Crippen LogP contribution in [0.25, 0.3) is 0 Å². The molecule has 0 bridgehead atoms. The molecule has 0 aliphatic carbocycles. The lowest BCUT2D eigenvalue weighted by Crippen LogP contribution is -2.15. The highest BCUT2D eigenvalue weighted by Gasteiger charge is 1.98. The first-order chi connectivity index (χ1) is 5.24. The molecule has 11 heavy (non-hydrogen) atoms. The van der Waals surface area contributed by atoms with Gasteiger partial charge in [0.25, 0.3) is 0 Å². The fraction of sp³-hybridized carbons (Fsp3) is 0. The Balaban J connectivity index is 3.06. The zero-order chi connectivity index (χ0) is 8.27. The fourth-order valence-electron chi connectivity index (χ4n) is 0.626. The average molecular weight is 154 g/mol. The standard InChI is InChI=1S/C6H7FN4/c7-5-1-4(2-10-3-5)6(8)11-9/h1-3H,9H2,(H2,8,11). The van der Waals surface area contributed by atoms with Gasteiger partial charge in [-0.2, -0.15) is 5.10 Å². The number of rotatable bonds is 1. The van der Waals surface area contributed by atoms with E-state index in [1.54, 1.807) is 0 Å². The third-order valence-electron chi connectivity index (χ3n) is 1.14. The van der Waals surface area contributed by atoms with E-state index < -0.39 is 5.82 Å². The molecule has 0 unspecified atom stereocenters. The molecule has 4 nitrogen and oxygen atoms in total. The smallest absolute Gasteiger partial charge is 0.151 e. The van der Waals surface area contributed by atoms with E-state index in [4.69, 9.17) is 11.6 Å². The molecule has 1 aromatic heterocycles. The molecule has 0 spiro atoms. The van der Waals surface area contributed by atoms with E-state index in [0.717, 1.165) is 6.20 Å². The molecule has 0 fully saturated rings. The molecule has 1 aromatic rings. The van der Waals surface area contributed by atoms with Crippen molar-refractivity contribution >= 4 is 5.84 Å². The second-order valence-corrected chi connectivity index (χ2v) is 1.91. The third kappa shape index (κ3) is 1.64. The summed E-state index contributed by atoms with van der Waals surface area (Å²) >= 11 is 0. The van der Waals surface area contributed by atoms with Crippen LogP contribution in [-0.4, -0.2) is 10.8 Å². The van der Waals surface area contributed by atoms with Crippen LogP contribution >= 0.6 is 0 Å². The first-order valence-electron chi connectivity index (χ1n) is 2.88. The number of aromatic nitrogens is 1. The molecule has 5 heteroatoms. The zero-order valence-electron chi connectivity index (χ0n) is 5.66. The maximum atomic E-state index is 12.4. The number of pyridine rings is 1. The normalized spacial score (nSPS) is 11.5. The maximum Gasteiger partial charge on any atom is 0.151 e. The van der Waals surface area contributed by atoms with Gasteiger partial charge in [-0.25, -0.2) is 4.39 Å². The predicted molar refractivity (Wildman–Crippen MR) is 39.1 cm³/mol. The van der Waals surface area contributed by atoms with Crippen molar-refractivity contribution in [2.45, 2.75) is 0 Å². The molecular weight excluding hydrogens is 147 g/mol. The summed E-state index contributed by atoms with van der Waals surface area (Å²) in [6.45, 7) is 0. The lowest BCUT2D eigenvalue weighted by molar-refractivity contribution is 0.621. The van der Waals surface area contributed by atoms with E-state index in [2.05, 4.69) is 10.1 Å². The van der Waals surface area contributed by atoms with E-state index in [9.17, 15) is 4.39 Å². The van der Waals surface area contributed by atoms with Gasteiger partial charge in [-0.1, -0.05) is 0 Å². The Hall–Kier alpha value is -1.65. The van der Waals surface area contributed by atoms with Crippen LogP contribution < -0.4 is 11.6 Å². The molecule has 0 aliphatic rings. The van der Waals surface area contributed by atoms with Crippen molar-refractivity contribution in [2.24, 2.45) is 16.7 Å². The SMILES string of the molecule is N/N=C(/N)c1cncc(F)c1. The quantitative estimate of drug-likeness (QED) is 0.254. The van der Waals surface area contributed by atoms with Crippen molar-refractivity contribution in [1.29, 1.82) is 0 Å². The molecule has 0 aromatic carbocycles. The lowest BCUT2D eigenvalue weighted by atomic mass is 10.3. The van der Waals surface area contributed by atoms with E-state index in [1.807, 2.05) is 0 Å². The second-order valence-electron chi connectivity index (χ2n) is 1.91. The van der Waals surface area contributed by atoms with Crippen molar-refractivity contribution in [3.8, 4) is 0 Å². The van der Waals surface area contributed by atoms with Crippen molar-refractivity contribution in [2.75, 3.05) is 0 Å². The van der Waals surface area contributed by atoms with Crippen LogP contribution in [0, 0.1) is 5.82 Å². The van der Waals surface area contributed by atoms with Gasteiger partial charge in [0.05, 0.1) is 6.20 Å². The number of amidine groups is 1. The minimum Gasteiger partial charge on any atom is -0.382 e. The van der Waals surface area contributed by atoms with Crippen molar-refractivity contribution in [3.63, 3.8) is 0 Å². The molecule has 1 rings (SSSR count). The summed E-state index contributed by atoms with van der Waals surface area (Å²) in [4.78, 5) is 3.56. The third-order valence-corrected chi connectivity index (χ3v) is 1.14. The Labute approximate surface area is 62.7 Å². The van der Waals surface area contributed by atoms with Gasteiger partial charge in [-0.05, 0) is 6.07 Å². The predicted octanol–water partition coefficient (Wildman–Crippen LogP) is -0.200. The summed E-state index contributed by atoms with van der Waals surface area (Å²) < 4.78 is 12.4. The topological polar surface area (TPSA) is 77.3 Å². The van der Waals surface area contributed by atoms with Gasteiger partial charge in [0, 0.05) is 11.8 Å². The second kappa shape index (κ2) is 2.96. The number of hydrazone groups is 1. The van der Waals surface area contributed by atoms with Crippen LogP contribution in [0.15, 0.2) is 23.6 Å². The molecule has 0 radical (unpaired) electrons. The monoisotopic (exact) mass is 154 g/mol. The Kier molecular flexibility index (Phi) is 2.00. The van der Waals surface area contributed by atoms with Gasteiger partial charge < -0.3 is 11.6 Å². The molecule has 0 aliphatic heterocycles. The molecular formula is C6H7FN4. The van der Waals surface area contributed by atoms with E-state index >= 15 is 0 Å². The highest BCUT2D eigenvalue weighted by Crippen LogP contribution is 1.98. The van der Waals surface area contributed by atoms with Gasteiger partial charge in [0.1, 0.15) is 5.82 Å². The van der Waals surface area contributed by atoms with Crippen LogP contribution in [0.4, 0.5) is 4.39 Å². The maximum absolute atomic E-state index is 12.4. The summed E-state index contributed by atoms with van der Waals surface area (Å²) in [7, 11) is 0. The molecule has 58 valence electrons. The molecule has 0 saturated heterocycles. The molecule has 1 heterocycles. The van der Waals surface area contributed by atoms with Crippen LogP contribution in [-0.2, 0) is 0 Å². The first-order valence-corrected chi connectivity index (χ1v) is 2.88. The zero-order valence-corrected chi connectivity index (χ0v) is 5.66. The average Bonchev–Trinajstić information content (AvgIpc) is 2.03. The lowest BCUT2D eigenvalue weighted by Gasteiger charge is -1.96. The van der Waals surface area contributed by atoms with Crippen molar-refractivity contribution in [3.05, 3.63) is 29.8 Å². The molecule has 0 atom stereocenters. The largest absolute Gasteiger partial charge is 0.382 e. The van der Waals surface area contributed by atoms with Crippen LogP contribution in [0.1, 0.15) is 5.56 Å². The van der Waals surface area contributed by atoms with Gasteiger partial charge >= 0.3 is 0 Å². The summed E-state index contributed by atoms with van der Waals surface area (Å²) in [5.74, 6) is 4.47. The van der Waals surface area contributed by atoms with Gasteiger partial charge in [-0.3, -0.25) is 4.98 Å². The number of hydrogen-bond donors (Lipinski definition) is 2. The summed E-state index contributed by atoms with van der Waals surface area (Å²) in [5.41, 5.74) is 5.66. The minimum atomic E-state index is -0.464. The first kappa shape index (κ1) is 7.46. The number of nitrogens with two attached hydrogens (primary N) is 2. The number of nitrogens with zero attached hydrogens (tertiary/aromatic N) is 2. The number of halogens is 1. The van der Waals surface area contributed by atoms with Gasteiger partial charge in [0.2, 0.25) is 0 Å². The Morgan fingerprint density at radius 1 is 1.55 bits per heavy atom. The van der Waals surface area contributed by atoms with E-state index in [-0.39, 0.29) is 5.84 Å².